The molecule has 8 heteroatoms. The highest BCUT2D eigenvalue weighted by atomic mass is 31.2. The van der Waals surface area contributed by atoms with Crippen molar-refractivity contribution in [1.29, 1.82) is 0 Å². The zero-order valence-corrected chi connectivity index (χ0v) is 16.9. The maximum absolute atomic E-state index is 12.5. The molecule has 0 aromatic carbocycles. The van der Waals surface area contributed by atoms with Gasteiger partial charge in [0.15, 0.2) is 0 Å². The van der Waals surface area contributed by atoms with Gasteiger partial charge in [-0.05, 0) is 24.2 Å². The lowest BCUT2D eigenvalue weighted by atomic mass is 9.91. The monoisotopic (exact) mass is 362 g/mol. The molecule has 22 heavy (non-hydrogen) atoms. The summed E-state index contributed by atoms with van der Waals surface area (Å²) in [5, 5.41) is 0. The topological polar surface area (TPSA) is 83.8 Å². The summed E-state index contributed by atoms with van der Waals surface area (Å²) in [5.74, 6) is 0. The molecule has 0 aliphatic heterocycles. The maximum Gasteiger partial charge on any atom is 0.364 e. The van der Waals surface area contributed by atoms with Gasteiger partial charge in [0.25, 0.3) is 0 Å². The minimum Gasteiger partial charge on any atom is -0.324 e. The summed E-state index contributed by atoms with van der Waals surface area (Å²) in [5.41, 5.74) is -0.397. The molecule has 2 N–H and O–H groups in total. The third-order valence-corrected chi connectivity index (χ3v) is 5.09. The van der Waals surface area contributed by atoms with Crippen LogP contribution in [-0.4, -0.2) is 28.7 Å². The Bertz CT molecular complexity index is 406. The highest BCUT2D eigenvalue weighted by Gasteiger charge is 2.27. The van der Waals surface area contributed by atoms with Crippen LogP contribution in [0.4, 0.5) is 4.20 Å². The Labute approximate surface area is 134 Å². The van der Waals surface area contributed by atoms with Crippen LogP contribution in [0.5, 0.6) is 0 Å². The van der Waals surface area contributed by atoms with E-state index in [1.807, 2.05) is 41.5 Å². The average Bonchev–Trinajstić information content (AvgIpc) is 2.09. The molecule has 2 atom stereocenters. The first-order chi connectivity index (χ1) is 9.40. The maximum atomic E-state index is 12.5. The molecule has 0 aromatic rings. The van der Waals surface area contributed by atoms with Crippen LogP contribution in [0.2, 0.25) is 0 Å². The second kappa shape index (κ2) is 8.94. The van der Waals surface area contributed by atoms with E-state index in [4.69, 9.17) is 14.3 Å². The minimum atomic E-state index is -3.82. The first-order valence-corrected chi connectivity index (χ1v) is 11.2. The van der Waals surface area contributed by atoms with E-state index in [-0.39, 0.29) is 23.1 Å². The van der Waals surface area contributed by atoms with Gasteiger partial charge >= 0.3 is 15.3 Å². The van der Waals surface area contributed by atoms with Gasteiger partial charge in [-0.3, -0.25) is 9.13 Å². The molecule has 0 aliphatic rings. The Balaban J connectivity index is 0. The first kappa shape index (κ1) is 24.5. The quantitative estimate of drug-likeness (QED) is 0.633. The lowest BCUT2D eigenvalue weighted by Crippen LogP contribution is -2.24. The van der Waals surface area contributed by atoms with Gasteiger partial charge in [0.1, 0.15) is 0 Å². The van der Waals surface area contributed by atoms with Crippen LogP contribution in [0.25, 0.3) is 0 Å². The fourth-order valence-corrected chi connectivity index (χ4v) is 3.91. The zero-order chi connectivity index (χ0) is 18.4. The summed E-state index contributed by atoms with van der Waals surface area (Å²) in [6, 6.07) is 0. The molecule has 0 amide bonds. The van der Waals surface area contributed by atoms with Gasteiger partial charge in [0.05, 0.1) is 12.3 Å². The molecule has 0 rings (SSSR count). The van der Waals surface area contributed by atoms with Crippen molar-refractivity contribution < 1.29 is 27.6 Å². The van der Waals surface area contributed by atoms with Gasteiger partial charge in [0, 0.05) is 6.66 Å². The van der Waals surface area contributed by atoms with Gasteiger partial charge in [-0.25, -0.2) is 0 Å². The summed E-state index contributed by atoms with van der Waals surface area (Å²) >= 11 is 0. The molecule has 0 saturated heterocycles. The Morgan fingerprint density at radius 1 is 1.14 bits per heavy atom. The Morgan fingerprint density at radius 2 is 1.55 bits per heavy atom. The molecule has 0 fully saturated rings. The van der Waals surface area contributed by atoms with E-state index in [1.54, 1.807) is 6.92 Å². The summed E-state index contributed by atoms with van der Waals surface area (Å²) in [4.78, 5) is 17.4. The van der Waals surface area contributed by atoms with Crippen molar-refractivity contribution in [3.8, 4) is 0 Å². The third-order valence-electron chi connectivity index (χ3n) is 3.13. The average molecular weight is 362 g/mol. The zero-order valence-electron chi connectivity index (χ0n) is 15.1. The number of rotatable bonds is 6. The lowest BCUT2D eigenvalue weighted by Gasteiger charge is -2.27. The van der Waals surface area contributed by atoms with Crippen LogP contribution in [0.3, 0.4) is 0 Å². The molecular weight excluding hydrogens is 329 g/mol. The van der Waals surface area contributed by atoms with E-state index in [9.17, 15) is 13.3 Å². The minimum absolute atomic E-state index is 0.00611. The van der Waals surface area contributed by atoms with E-state index >= 15 is 0 Å². The predicted molar refractivity (Wildman–Crippen MR) is 90.2 cm³/mol. The van der Waals surface area contributed by atoms with Crippen LogP contribution in [0.15, 0.2) is 0 Å². The second-order valence-electron chi connectivity index (χ2n) is 7.60. The predicted octanol–water partition coefficient (Wildman–Crippen LogP) is 5.22. The van der Waals surface area contributed by atoms with Crippen molar-refractivity contribution in [2.45, 2.75) is 67.4 Å². The summed E-state index contributed by atoms with van der Waals surface area (Å²) in [7, 11) is -7.64. The molecule has 0 heterocycles. The highest BCUT2D eigenvalue weighted by molar-refractivity contribution is 7.52. The number of hydrogen-bond acceptors (Lipinski definition) is 3. The van der Waals surface area contributed by atoms with Crippen LogP contribution in [0, 0.1) is 10.8 Å². The van der Waals surface area contributed by atoms with E-state index in [1.165, 1.54) is 0 Å². The molecule has 0 spiro atoms. The van der Waals surface area contributed by atoms with Gasteiger partial charge in [-0.2, -0.15) is 4.20 Å². The van der Waals surface area contributed by atoms with E-state index in [2.05, 4.69) is 0 Å². The first-order valence-electron chi connectivity index (χ1n) is 7.40. The third kappa shape index (κ3) is 16.6. The highest BCUT2D eigenvalue weighted by Crippen LogP contribution is 2.47. The molecular formula is C14H33FO5P2. The van der Waals surface area contributed by atoms with Crippen molar-refractivity contribution in [2.75, 3.05) is 12.8 Å². The SMILES string of the molecule is CC(OP(C)(=O)F)C(C)(C)C.CCCC(C)(C)CP(=O)(O)O. The van der Waals surface area contributed by atoms with Crippen molar-refractivity contribution in [1.82, 2.24) is 0 Å². The summed E-state index contributed by atoms with van der Waals surface area (Å²) in [6.07, 6.45) is 1.49. The van der Waals surface area contributed by atoms with E-state index < -0.39 is 15.3 Å². The Hall–Kier alpha value is 0.270. The molecule has 2 unspecified atom stereocenters. The standard InChI is InChI=1S/C7H16FO2P.C7H17O3P/c1-6(7(2,3)4)10-11(5,8)9;1-4-5-7(2,3)6-11(8,9)10/h6H,1-5H3;4-6H2,1-3H3,(H2,8,9,10). The summed E-state index contributed by atoms with van der Waals surface area (Å²) < 4.78 is 38.4. The lowest BCUT2D eigenvalue weighted by molar-refractivity contribution is 0.0989. The van der Waals surface area contributed by atoms with E-state index in [0.29, 0.717) is 0 Å². The Kier molecular flexibility index (Phi) is 9.96. The van der Waals surface area contributed by atoms with Crippen LogP contribution in [0.1, 0.15) is 61.3 Å². The summed E-state index contributed by atoms with van der Waals surface area (Å²) in [6.45, 7) is 14.2. The smallest absolute Gasteiger partial charge is 0.324 e. The molecule has 0 radical (unpaired) electrons. The number of halogens is 1. The fourth-order valence-electron chi connectivity index (χ4n) is 1.75. The largest absolute Gasteiger partial charge is 0.364 e. The molecule has 0 bridgehead atoms. The van der Waals surface area contributed by atoms with Crippen molar-refractivity contribution in [3.05, 3.63) is 0 Å². The van der Waals surface area contributed by atoms with Crippen molar-refractivity contribution in [3.63, 3.8) is 0 Å². The normalized spacial score (nSPS) is 17.2. The van der Waals surface area contributed by atoms with Gasteiger partial charge in [-0.15, -0.1) is 0 Å². The van der Waals surface area contributed by atoms with Crippen molar-refractivity contribution in [2.24, 2.45) is 10.8 Å². The second-order valence-corrected chi connectivity index (χ2v) is 10.9. The van der Waals surface area contributed by atoms with Gasteiger partial charge in [-0.1, -0.05) is 48.0 Å². The Morgan fingerprint density at radius 3 is 1.73 bits per heavy atom. The molecule has 5 nitrogen and oxygen atoms in total. The molecule has 0 aliphatic carbocycles. The van der Waals surface area contributed by atoms with Gasteiger partial charge in [0.2, 0.25) is 0 Å². The van der Waals surface area contributed by atoms with Crippen LogP contribution < -0.4 is 0 Å². The molecule has 0 aromatic heterocycles. The van der Waals surface area contributed by atoms with Gasteiger partial charge < -0.3 is 14.3 Å². The molecule has 0 saturated carbocycles. The number of hydrogen-bond donors (Lipinski definition) is 2. The van der Waals surface area contributed by atoms with E-state index in [0.717, 1.165) is 19.5 Å². The van der Waals surface area contributed by atoms with Crippen LogP contribution >= 0.6 is 15.3 Å². The van der Waals surface area contributed by atoms with Crippen LogP contribution in [-0.2, 0) is 13.7 Å². The molecule has 136 valence electrons. The van der Waals surface area contributed by atoms with Crippen molar-refractivity contribution >= 4 is 15.3 Å². The fraction of sp³-hybridized carbons (Fsp3) is 1.00.